The molecule has 0 spiro atoms. The summed E-state index contributed by atoms with van der Waals surface area (Å²) < 4.78 is 0.948. The second-order valence-corrected chi connectivity index (χ2v) is 37.8. The summed E-state index contributed by atoms with van der Waals surface area (Å²) in [4.78, 5) is 0. The molecule has 0 aromatic heterocycles. The van der Waals surface area contributed by atoms with Crippen LogP contribution in [0.25, 0.3) is 34.4 Å². The van der Waals surface area contributed by atoms with Gasteiger partial charge in [0.25, 0.3) is 0 Å². The van der Waals surface area contributed by atoms with E-state index in [0.717, 1.165) is 17.0 Å². The molecule has 0 saturated heterocycles. The van der Waals surface area contributed by atoms with Crippen LogP contribution in [-0.2, 0) is 16.4 Å². The third-order valence-corrected chi connectivity index (χ3v) is 32.0. The number of hydrogen-bond acceptors (Lipinski definition) is 0. The molecule has 2 aliphatic carbocycles. The average molecular weight is 742 g/mol. The first kappa shape index (κ1) is 34.7. The first-order valence-electron chi connectivity index (χ1n) is 17.6. The van der Waals surface area contributed by atoms with Crippen molar-refractivity contribution in [1.82, 2.24) is 0 Å². The van der Waals surface area contributed by atoms with Crippen LogP contribution in [-0.4, -0.2) is 0 Å². The molecule has 0 fully saturated rings. The summed E-state index contributed by atoms with van der Waals surface area (Å²) >= 11 is -4.90. The molecule has 0 saturated carbocycles. The number of hydrogen-bond donors (Lipinski definition) is 0. The van der Waals surface area contributed by atoms with Crippen LogP contribution in [0.3, 0.4) is 0 Å². The minimum absolute atomic E-state index is 0.0614. The summed E-state index contributed by atoms with van der Waals surface area (Å²) in [6.07, 6.45) is 6.88. The van der Waals surface area contributed by atoms with Gasteiger partial charge in [-0.15, -0.1) is 0 Å². The summed E-state index contributed by atoms with van der Waals surface area (Å²) in [7, 11) is 17.2. The molecule has 6 rings (SSSR count). The van der Waals surface area contributed by atoms with Gasteiger partial charge in [-0.05, 0) is 0 Å². The molecule has 0 aliphatic heterocycles. The van der Waals surface area contributed by atoms with Gasteiger partial charge in [0.05, 0.1) is 0 Å². The Morgan fingerprint density at radius 2 is 0.830 bits per heavy atom. The molecule has 2 unspecified atom stereocenters. The SMILES string of the molecule is CCC1=Cc2c(-c3cc(C)cc(C)c3)c(C)cc(C)c2[CH]1[Zr]([Cl])([Cl])([CH2]C)[CH]1C(CC)=Cc2c(-c3cc(C)cc(C)c3)c(C)cc(C)c21. The Labute approximate surface area is 292 Å². The van der Waals surface area contributed by atoms with Crippen molar-refractivity contribution in [3.63, 3.8) is 0 Å². The van der Waals surface area contributed by atoms with Crippen molar-refractivity contribution in [1.29, 1.82) is 0 Å². The fourth-order valence-electron chi connectivity index (χ4n) is 9.58. The van der Waals surface area contributed by atoms with Gasteiger partial charge in [0.2, 0.25) is 0 Å². The van der Waals surface area contributed by atoms with Crippen molar-refractivity contribution < 1.29 is 16.4 Å². The Kier molecular flexibility index (Phi) is 9.08. The van der Waals surface area contributed by atoms with E-state index in [1.54, 1.807) is 0 Å². The minimum atomic E-state index is -4.90. The normalized spacial score (nSPS) is 18.0. The predicted molar refractivity (Wildman–Crippen MR) is 206 cm³/mol. The Morgan fingerprint density at radius 1 is 0.489 bits per heavy atom. The molecule has 47 heavy (non-hydrogen) atoms. The van der Waals surface area contributed by atoms with E-state index in [2.05, 4.69) is 137 Å². The van der Waals surface area contributed by atoms with Gasteiger partial charge in [-0.1, -0.05) is 0 Å². The van der Waals surface area contributed by atoms with E-state index in [0.29, 0.717) is 0 Å². The number of rotatable bonds is 7. The molecule has 2 aliphatic rings. The van der Waals surface area contributed by atoms with Gasteiger partial charge in [0.15, 0.2) is 0 Å². The van der Waals surface area contributed by atoms with E-state index in [4.69, 9.17) is 17.0 Å². The molecule has 0 heterocycles. The first-order valence-corrected chi connectivity index (χ1v) is 28.5. The van der Waals surface area contributed by atoms with Gasteiger partial charge in [-0.2, -0.15) is 0 Å². The Bertz CT molecular complexity index is 1840. The van der Waals surface area contributed by atoms with Crippen molar-refractivity contribution in [2.24, 2.45) is 0 Å². The zero-order valence-electron chi connectivity index (χ0n) is 30.3. The molecule has 4 aromatic rings. The fourth-order valence-corrected chi connectivity index (χ4v) is 28.2. The molecule has 0 amide bonds. The van der Waals surface area contributed by atoms with Crippen LogP contribution < -0.4 is 0 Å². The Hall–Kier alpha value is -2.18. The average Bonchev–Trinajstić information content (AvgIpc) is 3.58. The molecule has 2 atom stereocenters. The van der Waals surface area contributed by atoms with Gasteiger partial charge in [-0.3, -0.25) is 0 Å². The van der Waals surface area contributed by atoms with Gasteiger partial charge in [0, 0.05) is 0 Å². The van der Waals surface area contributed by atoms with Crippen molar-refractivity contribution in [2.45, 2.75) is 100 Å². The topological polar surface area (TPSA) is 0 Å². The van der Waals surface area contributed by atoms with Gasteiger partial charge in [0.1, 0.15) is 0 Å². The second kappa shape index (κ2) is 12.3. The first-order chi connectivity index (χ1) is 22.1. The molecule has 3 heteroatoms. The van der Waals surface area contributed by atoms with E-state index in [1.165, 1.54) is 100 Å². The van der Waals surface area contributed by atoms with Crippen molar-refractivity contribution >= 4 is 29.2 Å². The van der Waals surface area contributed by atoms with Crippen LogP contribution in [0, 0.1) is 55.4 Å². The number of benzene rings is 4. The van der Waals surface area contributed by atoms with Crippen molar-refractivity contribution in [3.8, 4) is 22.3 Å². The number of aryl methyl sites for hydroxylation is 8. The standard InChI is InChI=1S/2C21H23.C2H5.2ClH.Zr/c2*1-6-17-11-19-15(4)10-16(5)21(20(19)12-17)18-8-13(2)7-14(3)9-18;1-2;;;/h2*7-12H,6H2,1-5H3;1H2,2H3;2*1H;/q;;;;;+2/p-2. The zero-order chi connectivity index (χ0) is 34.2. The molecule has 0 radical (unpaired) electrons. The van der Waals surface area contributed by atoms with Gasteiger partial charge in [-0.25, -0.2) is 0 Å². The summed E-state index contributed by atoms with van der Waals surface area (Å²) in [5, 5.41) is 0. The van der Waals surface area contributed by atoms with Crippen LogP contribution in [0.5, 0.6) is 0 Å². The second-order valence-electron chi connectivity index (χ2n) is 14.9. The number of allylic oxidation sites excluding steroid dienone is 2. The van der Waals surface area contributed by atoms with Crippen LogP contribution in [0.15, 0.2) is 59.7 Å². The van der Waals surface area contributed by atoms with Gasteiger partial charge < -0.3 is 0 Å². The summed E-state index contributed by atoms with van der Waals surface area (Å²) in [5.41, 5.74) is 24.0. The predicted octanol–water partition coefficient (Wildman–Crippen LogP) is 14.3. The Morgan fingerprint density at radius 3 is 1.13 bits per heavy atom. The molecule has 0 nitrogen and oxygen atoms in total. The van der Waals surface area contributed by atoms with Crippen LogP contribution in [0.4, 0.5) is 0 Å². The van der Waals surface area contributed by atoms with Crippen molar-refractivity contribution in [3.05, 3.63) is 126 Å². The summed E-state index contributed by atoms with van der Waals surface area (Å²) in [6, 6.07) is 18.7. The zero-order valence-corrected chi connectivity index (χ0v) is 34.3. The number of fused-ring (bicyclic) bond motifs is 2. The molecular formula is C44H51Cl2Zr. The van der Waals surface area contributed by atoms with E-state index < -0.39 is 16.4 Å². The molecular weight excluding hydrogens is 691 g/mol. The molecule has 4 aromatic carbocycles. The molecule has 0 N–H and O–H groups in total. The van der Waals surface area contributed by atoms with E-state index in [1.807, 2.05) is 0 Å². The van der Waals surface area contributed by atoms with E-state index in [-0.39, 0.29) is 7.25 Å². The fraction of sp³-hybridized carbons (Fsp3) is 0.364. The van der Waals surface area contributed by atoms with E-state index in [9.17, 15) is 0 Å². The number of halogens is 2. The maximum absolute atomic E-state index is 8.61. The molecule has 0 bridgehead atoms. The molecule has 245 valence electrons. The van der Waals surface area contributed by atoms with Gasteiger partial charge >= 0.3 is 295 Å². The van der Waals surface area contributed by atoms with Crippen LogP contribution in [0.1, 0.15) is 108 Å². The monoisotopic (exact) mass is 739 g/mol. The quantitative estimate of drug-likeness (QED) is 0.177. The maximum atomic E-state index is 8.61. The van der Waals surface area contributed by atoms with Crippen molar-refractivity contribution in [2.75, 3.05) is 0 Å². The third kappa shape index (κ3) is 5.52. The van der Waals surface area contributed by atoms with Crippen LogP contribution in [0.2, 0.25) is 4.13 Å². The summed E-state index contributed by atoms with van der Waals surface area (Å²) in [5.74, 6) is 0. The van der Waals surface area contributed by atoms with E-state index >= 15 is 0 Å². The van der Waals surface area contributed by atoms with Crippen LogP contribution >= 0.6 is 17.0 Å². The Balaban J connectivity index is 1.65. The summed E-state index contributed by atoms with van der Waals surface area (Å²) in [6.45, 7) is 24.8. The third-order valence-electron chi connectivity index (χ3n) is 11.3.